The third kappa shape index (κ3) is 5.52. The molecule has 0 amide bonds. The number of ether oxygens (including phenoxy) is 2. The number of hydrogen-bond acceptors (Lipinski definition) is 6. The third-order valence-corrected chi connectivity index (χ3v) is 5.00. The van der Waals surface area contributed by atoms with E-state index in [1.165, 1.54) is 11.1 Å². The number of imidazole rings is 1. The number of hydrogen-bond donors (Lipinski definition) is 3. The lowest BCUT2D eigenvalue weighted by atomic mass is 9.98. The Morgan fingerprint density at radius 1 is 1.06 bits per heavy atom. The van der Waals surface area contributed by atoms with Crippen LogP contribution in [-0.4, -0.2) is 64.3 Å². The van der Waals surface area contributed by atoms with E-state index in [0.29, 0.717) is 5.92 Å². The Labute approximate surface area is 179 Å². The zero-order chi connectivity index (χ0) is 22.5. The molecule has 9 heteroatoms. The fraction of sp³-hybridized carbons (Fsp3) is 0.318. The molecule has 31 heavy (non-hydrogen) atoms. The van der Waals surface area contributed by atoms with Gasteiger partial charge in [-0.15, -0.1) is 0 Å². The van der Waals surface area contributed by atoms with Gasteiger partial charge in [-0.3, -0.25) is 4.90 Å². The molecule has 3 N–H and O–H groups in total. The third-order valence-electron chi connectivity index (χ3n) is 5.00. The number of nitrogens with zero attached hydrogens (tertiary/aromatic N) is 2. The molecule has 0 bridgehead atoms. The van der Waals surface area contributed by atoms with E-state index >= 15 is 0 Å². The minimum Gasteiger partial charge on any atom is -0.497 e. The van der Waals surface area contributed by atoms with E-state index < -0.39 is 11.9 Å². The number of aromatic nitrogens is 2. The summed E-state index contributed by atoms with van der Waals surface area (Å²) in [5.41, 5.74) is 4.64. The Morgan fingerprint density at radius 3 is 2.23 bits per heavy atom. The number of likely N-dealkylation sites (tertiary alicyclic amines) is 1. The van der Waals surface area contributed by atoms with Gasteiger partial charge in [-0.2, -0.15) is 0 Å². The second-order valence-electron chi connectivity index (χ2n) is 7.36. The van der Waals surface area contributed by atoms with E-state index in [1.54, 1.807) is 14.2 Å². The Bertz CT molecular complexity index is 1050. The Balaban J connectivity index is 0.000000401. The van der Waals surface area contributed by atoms with Crippen molar-refractivity contribution < 1.29 is 29.3 Å². The lowest BCUT2D eigenvalue weighted by Gasteiger charge is -2.38. The molecule has 0 saturated carbocycles. The lowest BCUT2D eigenvalue weighted by Crippen LogP contribution is -2.44. The number of fused-ring (bicyclic) bond motifs is 1. The van der Waals surface area contributed by atoms with Crippen molar-refractivity contribution in [2.75, 3.05) is 27.3 Å². The fourth-order valence-corrected chi connectivity index (χ4v) is 3.42. The van der Waals surface area contributed by atoms with Crippen LogP contribution in [0, 0.1) is 6.92 Å². The molecule has 2 aromatic carbocycles. The SMILES string of the molecule is COc1cc(CN2CC(c3nc4ccc(C)cc4[nH]3)C2)cc(OC)c1.O=C(O)C(=O)O. The van der Waals surface area contributed by atoms with Gasteiger partial charge in [0.05, 0.1) is 25.3 Å². The second-order valence-corrected chi connectivity index (χ2v) is 7.36. The first-order valence-electron chi connectivity index (χ1n) is 9.65. The van der Waals surface area contributed by atoms with Crippen LogP contribution in [0.25, 0.3) is 11.0 Å². The standard InChI is InChI=1S/C20H23N3O2.C2H2O4/c1-13-4-5-18-19(6-13)22-20(21-18)15-11-23(12-15)10-14-7-16(24-2)9-17(8-14)25-3;3-1(4)2(5)6/h4-9,15H,10-12H2,1-3H3,(H,21,22);(H,3,4)(H,5,6). The second kappa shape index (κ2) is 9.48. The maximum atomic E-state index is 9.10. The van der Waals surface area contributed by atoms with Gasteiger partial charge >= 0.3 is 11.9 Å². The number of carbonyl (C=O) groups is 2. The van der Waals surface area contributed by atoms with E-state index in [0.717, 1.165) is 48.0 Å². The van der Waals surface area contributed by atoms with Gasteiger partial charge < -0.3 is 24.7 Å². The van der Waals surface area contributed by atoms with Crippen molar-refractivity contribution in [3.05, 3.63) is 53.3 Å². The van der Waals surface area contributed by atoms with Crippen molar-refractivity contribution in [1.82, 2.24) is 14.9 Å². The van der Waals surface area contributed by atoms with Gasteiger partial charge in [0.15, 0.2) is 0 Å². The van der Waals surface area contributed by atoms with Gasteiger partial charge in [0, 0.05) is 31.6 Å². The van der Waals surface area contributed by atoms with Crippen molar-refractivity contribution in [3.8, 4) is 11.5 Å². The Kier molecular flexibility index (Phi) is 6.76. The number of aryl methyl sites for hydroxylation is 1. The van der Waals surface area contributed by atoms with E-state index in [9.17, 15) is 0 Å². The Hall–Kier alpha value is -3.59. The molecule has 1 aromatic heterocycles. The molecule has 3 aromatic rings. The molecular weight excluding hydrogens is 402 g/mol. The molecule has 0 atom stereocenters. The van der Waals surface area contributed by atoms with Crippen LogP contribution >= 0.6 is 0 Å². The lowest BCUT2D eigenvalue weighted by molar-refractivity contribution is -0.159. The molecule has 0 radical (unpaired) electrons. The number of aliphatic carboxylic acids is 2. The molecule has 164 valence electrons. The summed E-state index contributed by atoms with van der Waals surface area (Å²) in [7, 11) is 3.36. The average Bonchev–Trinajstić information content (AvgIpc) is 3.12. The summed E-state index contributed by atoms with van der Waals surface area (Å²) in [6.45, 7) is 5.02. The van der Waals surface area contributed by atoms with Crippen molar-refractivity contribution in [3.63, 3.8) is 0 Å². The normalized spacial score (nSPS) is 13.8. The highest BCUT2D eigenvalue weighted by atomic mass is 16.5. The predicted octanol–water partition coefficient (Wildman–Crippen LogP) is 2.64. The van der Waals surface area contributed by atoms with Crippen LogP contribution in [0.3, 0.4) is 0 Å². The highest BCUT2D eigenvalue weighted by molar-refractivity contribution is 6.27. The number of nitrogens with one attached hydrogen (secondary N) is 1. The Morgan fingerprint density at radius 2 is 1.68 bits per heavy atom. The minimum absolute atomic E-state index is 0.472. The molecule has 0 spiro atoms. The van der Waals surface area contributed by atoms with Gasteiger partial charge in [-0.05, 0) is 42.3 Å². The van der Waals surface area contributed by atoms with Gasteiger partial charge in [-0.25, -0.2) is 14.6 Å². The number of carboxylic acid groups (broad SMARTS) is 2. The van der Waals surface area contributed by atoms with Crippen molar-refractivity contribution in [2.45, 2.75) is 19.4 Å². The van der Waals surface area contributed by atoms with E-state index in [1.807, 2.05) is 6.07 Å². The van der Waals surface area contributed by atoms with Crippen LogP contribution in [0.5, 0.6) is 11.5 Å². The van der Waals surface area contributed by atoms with Crippen LogP contribution in [0.1, 0.15) is 22.9 Å². The average molecular weight is 427 g/mol. The molecule has 0 unspecified atom stereocenters. The van der Waals surface area contributed by atoms with E-state index in [2.05, 4.69) is 47.1 Å². The van der Waals surface area contributed by atoms with Gasteiger partial charge in [0.1, 0.15) is 17.3 Å². The van der Waals surface area contributed by atoms with Crippen molar-refractivity contribution in [2.24, 2.45) is 0 Å². The molecule has 9 nitrogen and oxygen atoms in total. The van der Waals surface area contributed by atoms with Crippen LogP contribution < -0.4 is 9.47 Å². The molecule has 0 aliphatic carbocycles. The number of benzene rings is 2. The number of H-pyrrole nitrogens is 1. The maximum absolute atomic E-state index is 9.10. The molecule has 2 heterocycles. The quantitative estimate of drug-likeness (QED) is 0.531. The summed E-state index contributed by atoms with van der Waals surface area (Å²) in [6.07, 6.45) is 0. The van der Waals surface area contributed by atoms with Gasteiger partial charge in [0.25, 0.3) is 0 Å². The van der Waals surface area contributed by atoms with Gasteiger partial charge in [0.2, 0.25) is 0 Å². The van der Waals surface area contributed by atoms with Crippen LogP contribution in [0.15, 0.2) is 36.4 Å². The predicted molar refractivity (Wildman–Crippen MR) is 114 cm³/mol. The summed E-state index contributed by atoms with van der Waals surface area (Å²) < 4.78 is 10.7. The fourth-order valence-electron chi connectivity index (χ4n) is 3.42. The van der Waals surface area contributed by atoms with Crippen LogP contribution in [0.2, 0.25) is 0 Å². The molecule has 4 rings (SSSR count). The summed E-state index contributed by atoms with van der Waals surface area (Å²) in [4.78, 5) is 28.8. The number of rotatable bonds is 5. The summed E-state index contributed by atoms with van der Waals surface area (Å²) >= 11 is 0. The monoisotopic (exact) mass is 427 g/mol. The first-order valence-corrected chi connectivity index (χ1v) is 9.65. The highest BCUT2D eigenvalue weighted by Crippen LogP contribution is 2.30. The summed E-state index contributed by atoms with van der Waals surface area (Å²) in [6, 6.07) is 12.4. The highest BCUT2D eigenvalue weighted by Gasteiger charge is 2.30. The minimum atomic E-state index is -1.82. The summed E-state index contributed by atoms with van der Waals surface area (Å²) in [5.74, 6) is -0.413. The number of methoxy groups -OCH3 is 2. The largest absolute Gasteiger partial charge is 0.497 e. The maximum Gasteiger partial charge on any atom is 0.414 e. The van der Waals surface area contributed by atoms with Gasteiger partial charge in [-0.1, -0.05) is 6.07 Å². The van der Waals surface area contributed by atoms with Crippen LogP contribution in [0.4, 0.5) is 0 Å². The number of carboxylic acids is 2. The van der Waals surface area contributed by atoms with Crippen molar-refractivity contribution in [1.29, 1.82) is 0 Å². The molecule has 1 aliphatic heterocycles. The first kappa shape index (κ1) is 22.1. The molecular formula is C22H25N3O6. The molecule has 1 saturated heterocycles. The first-order chi connectivity index (χ1) is 14.8. The molecule has 1 aliphatic rings. The van der Waals surface area contributed by atoms with E-state index in [-0.39, 0.29) is 0 Å². The van der Waals surface area contributed by atoms with Crippen LogP contribution in [-0.2, 0) is 16.1 Å². The zero-order valence-corrected chi connectivity index (χ0v) is 17.6. The topological polar surface area (TPSA) is 125 Å². The van der Waals surface area contributed by atoms with E-state index in [4.69, 9.17) is 34.3 Å². The van der Waals surface area contributed by atoms with Crippen molar-refractivity contribution >= 4 is 23.0 Å². The zero-order valence-electron chi connectivity index (χ0n) is 17.6. The smallest absolute Gasteiger partial charge is 0.414 e. The number of aromatic amines is 1. The molecule has 1 fully saturated rings. The summed E-state index contributed by atoms with van der Waals surface area (Å²) in [5, 5.41) is 14.8.